The summed E-state index contributed by atoms with van der Waals surface area (Å²) in [6, 6.07) is 24.2. The second kappa shape index (κ2) is 10.2. The summed E-state index contributed by atoms with van der Waals surface area (Å²) < 4.78 is 19.6. The minimum atomic E-state index is 0.346. The maximum absolute atomic E-state index is 6.05. The Morgan fingerprint density at radius 2 is 1.59 bits per heavy atom. The van der Waals surface area contributed by atoms with Gasteiger partial charge in [-0.2, -0.15) is 0 Å². The number of hydrogen-bond donors (Lipinski definition) is 0. The van der Waals surface area contributed by atoms with Gasteiger partial charge in [0, 0.05) is 0 Å². The molecular formula is C27H30N2O3. The number of rotatable bonds is 10. The Hall–Kier alpha value is -3.47. The molecule has 5 nitrogen and oxygen atoms in total. The molecule has 0 aliphatic rings. The van der Waals surface area contributed by atoms with E-state index in [9.17, 15) is 0 Å². The minimum absolute atomic E-state index is 0.346. The average molecular weight is 431 g/mol. The zero-order valence-electron chi connectivity index (χ0n) is 19.0. The first kappa shape index (κ1) is 21.8. The lowest BCUT2D eigenvalue weighted by Gasteiger charge is -2.14. The van der Waals surface area contributed by atoms with Gasteiger partial charge in [0.2, 0.25) is 0 Å². The highest BCUT2D eigenvalue weighted by atomic mass is 16.5. The van der Waals surface area contributed by atoms with E-state index in [2.05, 4.69) is 48.7 Å². The normalized spacial score (nSPS) is 12.0. The number of nitrogens with zero attached hydrogens (tertiary/aromatic N) is 2. The van der Waals surface area contributed by atoms with E-state index < -0.39 is 0 Å². The van der Waals surface area contributed by atoms with Crippen LogP contribution in [0.4, 0.5) is 0 Å². The lowest BCUT2D eigenvalue weighted by atomic mass is 9.99. The van der Waals surface area contributed by atoms with Gasteiger partial charge < -0.3 is 18.8 Å². The molecule has 1 atom stereocenters. The third-order valence-electron chi connectivity index (χ3n) is 5.80. The lowest BCUT2D eigenvalue weighted by molar-refractivity contribution is 0.262. The molecule has 1 unspecified atom stereocenters. The molecule has 0 spiro atoms. The highest BCUT2D eigenvalue weighted by Crippen LogP contribution is 2.27. The number of ether oxygens (including phenoxy) is 3. The number of aromatic nitrogens is 2. The van der Waals surface area contributed by atoms with Crippen molar-refractivity contribution in [1.82, 2.24) is 9.55 Å². The van der Waals surface area contributed by atoms with Crippen LogP contribution >= 0.6 is 0 Å². The summed E-state index contributed by atoms with van der Waals surface area (Å²) in [5.74, 6) is 3.71. The van der Waals surface area contributed by atoms with Crippen LogP contribution in [0.1, 0.15) is 37.6 Å². The molecule has 0 N–H and O–H groups in total. The van der Waals surface area contributed by atoms with Crippen LogP contribution in [0, 0.1) is 0 Å². The molecule has 0 aliphatic carbocycles. The second-order valence-electron chi connectivity index (χ2n) is 7.83. The van der Waals surface area contributed by atoms with Gasteiger partial charge in [0.05, 0.1) is 24.7 Å². The van der Waals surface area contributed by atoms with Gasteiger partial charge in [-0.1, -0.05) is 50.2 Å². The fourth-order valence-corrected chi connectivity index (χ4v) is 3.75. The topological polar surface area (TPSA) is 45.5 Å². The van der Waals surface area contributed by atoms with E-state index in [-0.39, 0.29) is 0 Å². The molecule has 0 radical (unpaired) electrons. The van der Waals surface area contributed by atoms with Gasteiger partial charge in [-0.25, -0.2) is 4.98 Å². The van der Waals surface area contributed by atoms with Gasteiger partial charge in [0.1, 0.15) is 24.8 Å². The molecule has 0 amide bonds. The number of hydrogen-bond acceptors (Lipinski definition) is 4. The Balaban J connectivity index is 1.46. The molecule has 4 rings (SSSR count). The number of imidazole rings is 1. The highest BCUT2D eigenvalue weighted by Gasteiger charge is 2.13. The van der Waals surface area contributed by atoms with Crippen molar-refractivity contribution < 1.29 is 14.2 Å². The molecule has 5 heteroatoms. The van der Waals surface area contributed by atoms with Gasteiger partial charge >= 0.3 is 0 Å². The van der Waals surface area contributed by atoms with Crippen molar-refractivity contribution in [2.45, 2.75) is 39.3 Å². The molecule has 0 saturated heterocycles. The first-order valence-corrected chi connectivity index (χ1v) is 11.1. The fraction of sp³-hybridized carbons (Fsp3) is 0.296. The second-order valence-corrected chi connectivity index (χ2v) is 7.83. The van der Waals surface area contributed by atoms with Gasteiger partial charge in [-0.15, -0.1) is 0 Å². The Kier molecular flexibility index (Phi) is 6.95. The van der Waals surface area contributed by atoms with Crippen LogP contribution in [0.25, 0.3) is 11.0 Å². The standard InChI is InChI=1S/C27H30N2O3/c1-4-20(2)21-13-15-22(16-14-21)31-18-17-29-24-10-6-5-9-23(24)28-27(29)19-32-26-12-8-7-11-25(26)30-3/h5-16,20H,4,17-19H2,1-3H3. The lowest BCUT2D eigenvalue weighted by Crippen LogP contribution is -2.13. The molecule has 1 aromatic heterocycles. The predicted molar refractivity (Wildman–Crippen MR) is 128 cm³/mol. The third-order valence-corrected chi connectivity index (χ3v) is 5.80. The number of benzene rings is 3. The zero-order chi connectivity index (χ0) is 22.3. The zero-order valence-corrected chi connectivity index (χ0v) is 19.0. The fourth-order valence-electron chi connectivity index (χ4n) is 3.75. The summed E-state index contributed by atoms with van der Waals surface area (Å²) in [4.78, 5) is 4.79. The third kappa shape index (κ3) is 4.88. The van der Waals surface area contributed by atoms with Crippen LogP contribution in [0.5, 0.6) is 17.2 Å². The monoisotopic (exact) mass is 430 g/mol. The Bertz CT molecular complexity index is 1150. The summed E-state index contributed by atoms with van der Waals surface area (Å²) in [5, 5.41) is 0. The molecule has 32 heavy (non-hydrogen) atoms. The van der Waals surface area contributed by atoms with Crippen molar-refractivity contribution in [2.75, 3.05) is 13.7 Å². The van der Waals surface area contributed by atoms with Crippen LogP contribution in [0.2, 0.25) is 0 Å². The molecule has 0 bridgehead atoms. The van der Waals surface area contributed by atoms with Crippen molar-refractivity contribution in [2.24, 2.45) is 0 Å². The van der Waals surface area contributed by atoms with Crippen LogP contribution < -0.4 is 14.2 Å². The van der Waals surface area contributed by atoms with Gasteiger partial charge in [-0.05, 0) is 54.3 Å². The summed E-state index contributed by atoms with van der Waals surface area (Å²) >= 11 is 0. The molecule has 3 aromatic carbocycles. The Morgan fingerprint density at radius 3 is 2.34 bits per heavy atom. The minimum Gasteiger partial charge on any atom is -0.493 e. The van der Waals surface area contributed by atoms with Gasteiger partial charge in [0.25, 0.3) is 0 Å². The van der Waals surface area contributed by atoms with E-state index in [0.29, 0.717) is 37.2 Å². The Morgan fingerprint density at radius 1 is 0.875 bits per heavy atom. The first-order chi connectivity index (χ1) is 15.7. The van der Waals surface area contributed by atoms with Gasteiger partial charge in [0.15, 0.2) is 11.5 Å². The maximum atomic E-state index is 6.05. The molecule has 0 aliphatic heterocycles. The summed E-state index contributed by atoms with van der Waals surface area (Å²) in [6.45, 7) is 6.02. The molecular weight excluding hydrogens is 400 g/mol. The van der Waals surface area contributed by atoms with Crippen molar-refractivity contribution in [3.05, 3.63) is 84.2 Å². The van der Waals surface area contributed by atoms with E-state index in [4.69, 9.17) is 19.2 Å². The maximum Gasteiger partial charge on any atom is 0.161 e. The van der Waals surface area contributed by atoms with Crippen molar-refractivity contribution >= 4 is 11.0 Å². The van der Waals surface area contributed by atoms with Crippen molar-refractivity contribution in [3.8, 4) is 17.2 Å². The van der Waals surface area contributed by atoms with Crippen LogP contribution in [-0.4, -0.2) is 23.3 Å². The Labute approximate surface area is 189 Å². The summed E-state index contributed by atoms with van der Waals surface area (Å²) in [5.41, 5.74) is 3.36. The predicted octanol–water partition coefficient (Wildman–Crippen LogP) is 6.22. The molecule has 4 aromatic rings. The smallest absolute Gasteiger partial charge is 0.161 e. The van der Waals surface area contributed by atoms with E-state index in [1.807, 2.05) is 42.5 Å². The van der Waals surface area contributed by atoms with Crippen LogP contribution in [0.3, 0.4) is 0 Å². The van der Waals surface area contributed by atoms with E-state index in [1.54, 1.807) is 7.11 Å². The van der Waals surface area contributed by atoms with Crippen LogP contribution in [-0.2, 0) is 13.2 Å². The van der Waals surface area contributed by atoms with E-state index in [0.717, 1.165) is 29.0 Å². The molecule has 0 saturated carbocycles. The first-order valence-electron chi connectivity index (χ1n) is 11.1. The van der Waals surface area contributed by atoms with E-state index >= 15 is 0 Å². The largest absolute Gasteiger partial charge is 0.493 e. The average Bonchev–Trinajstić information content (AvgIpc) is 3.20. The number of methoxy groups -OCH3 is 1. The summed E-state index contributed by atoms with van der Waals surface area (Å²) in [7, 11) is 1.64. The summed E-state index contributed by atoms with van der Waals surface area (Å²) in [6.07, 6.45) is 1.13. The van der Waals surface area contributed by atoms with Crippen LogP contribution in [0.15, 0.2) is 72.8 Å². The molecule has 0 fully saturated rings. The number of para-hydroxylation sites is 4. The highest BCUT2D eigenvalue weighted by molar-refractivity contribution is 5.75. The van der Waals surface area contributed by atoms with E-state index in [1.165, 1.54) is 5.56 Å². The molecule has 1 heterocycles. The van der Waals surface area contributed by atoms with Crippen molar-refractivity contribution in [3.63, 3.8) is 0 Å². The SMILES string of the molecule is CCC(C)c1ccc(OCCn2c(COc3ccccc3OC)nc3ccccc32)cc1. The molecule has 166 valence electrons. The quantitative estimate of drug-likeness (QED) is 0.300. The van der Waals surface area contributed by atoms with Crippen molar-refractivity contribution in [1.29, 1.82) is 0 Å². The number of fused-ring (bicyclic) bond motifs is 1. The van der Waals surface area contributed by atoms with Gasteiger partial charge in [-0.3, -0.25) is 0 Å².